The third-order valence-corrected chi connectivity index (χ3v) is 3.63. The molecular weight excluding hydrogens is 304 g/mol. The molecule has 126 valence electrons. The summed E-state index contributed by atoms with van der Waals surface area (Å²) in [6, 6.07) is 14.8. The zero-order valence-electron chi connectivity index (χ0n) is 14.1. The van der Waals surface area contributed by atoms with E-state index in [4.69, 9.17) is 4.74 Å². The molecule has 0 bridgehead atoms. The van der Waals surface area contributed by atoms with Crippen LogP contribution in [0.2, 0.25) is 0 Å². The van der Waals surface area contributed by atoms with Crippen molar-refractivity contribution in [2.24, 2.45) is 0 Å². The monoisotopic (exact) mass is 326 g/mol. The molecule has 1 unspecified atom stereocenters. The van der Waals surface area contributed by atoms with Crippen molar-refractivity contribution in [3.8, 4) is 5.75 Å². The molecule has 2 amide bonds. The molecule has 2 aromatic rings. The second-order valence-corrected chi connectivity index (χ2v) is 5.62. The first-order valence-corrected chi connectivity index (χ1v) is 7.78. The molecule has 2 aromatic carbocycles. The molecule has 2 rings (SSSR count). The SMILES string of the molecule is COc1ccc(C(C)NC(=O)Cc2ccc(NC(C)=O)cc2)cc1. The minimum Gasteiger partial charge on any atom is -0.497 e. The molecular formula is C19H22N2O3. The summed E-state index contributed by atoms with van der Waals surface area (Å²) < 4.78 is 5.13. The maximum absolute atomic E-state index is 12.2. The Hall–Kier alpha value is -2.82. The molecule has 0 aliphatic rings. The van der Waals surface area contributed by atoms with Crippen LogP contribution >= 0.6 is 0 Å². The van der Waals surface area contributed by atoms with Crippen molar-refractivity contribution in [2.75, 3.05) is 12.4 Å². The van der Waals surface area contributed by atoms with Gasteiger partial charge in [0.1, 0.15) is 5.75 Å². The maximum Gasteiger partial charge on any atom is 0.224 e. The summed E-state index contributed by atoms with van der Waals surface area (Å²) in [5.74, 6) is 0.621. The predicted molar refractivity (Wildman–Crippen MR) is 94.0 cm³/mol. The molecule has 24 heavy (non-hydrogen) atoms. The molecule has 0 aliphatic heterocycles. The quantitative estimate of drug-likeness (QED) is 0.857. The number of nitrogens with one attached hydrogen (secondary N) is 2. The van der Waals surface area contributed by atoms with Crippen molar-refractivity contribution in [3.05, 3.63) is 59.7 Å². The van der Waals surface area contributed by atoms with E-state index in [1.54, 1.807) is 19.2 Å². The Kier molecular flexibility index (Phi) is 5.95. The summed E-state index contributed by atoms with van der Waals surface area (Å²) in [5, 5.41) is 5.68. The van der Waals surface area contributed by atoms with Crippen LogP contribution in [0.25, 0.3) is 0 Å². The Labute approximate surface area is 142 Å². The van der Waals surface area contributed by atoms with Crippen LogP contribution in [0.3, 0.4) is 0 Å². The van der Waals surface area contributed by atoms with E-state index < -0.39 is 0 Å². The average Bonchev–Trinajstić information content (AvgIpc) is 2.56. The number of benzene rings is 2. The Morgan fingerprint density at radius 1 is 1.04 bits per heavy atom. The molecule has 0 spiro atoms. The smallest absolute Gasteiger partial charge is 0.224 e. The third kappa shape index (κ3) is 5.12. The second-order valence-electron chi connectivity index (χ2n) is 5.62. The summed E-state index contributed by atoms with van der Waals surface area (Å²) in [6.07, 6.45) is 0.293. The van der Waals surface area contributed by atoms with E-state index in [1.807, 2.05) is 43.3 Å². The number of hydrogen-bond donors (Lipinski definition) is 2. The number of carbonyl (C=O) groups is 2. The van der Waals surface area contributed by atoms with Gasteiger partial charge >= 0.3 is 0 Å². The predicted octanol–water partition coefficient (Wildman–Crippen LogP) is 3.07. The zero-order valence-corrected chi connectivity index (χ0v) is 14.1. The zero-order chi connectivity index (χ0) is 17.5. The maximum atomic E-state index is 12.2. The van der Waals surface area contributed by atoms with E-state index in [9.17, 15) is 9.59 Å². The van der Waals surface area contributed by atoms with Gasteiger partial charge in [0.25, 0.3) is 0 Å². The van der Waals surface area contributed by atoms with Gasteiger partial charge in [0.15, 0.2) is 0 Å². The van der Waals surface area contributed by atoms with E-state index in [1.165, 1.54) is 6.92 Å². The van der Waals surface area contributed by atoms with Crippen molar-refractivity contribution in [2.45, 2.75) is 26.3 Å². The van der Waals surface area contributed by atoms with E-state index in [2.05, 4.69) is 10.6 Å². The first-order valence-electron chi connectivity index (χ1n) is 7.78. The summed E-state index contributed by atoms with van der Waals surface area (Å²) in [6.45, 7) is 3.40. The lowest BCUT2D eigenvalue weighted by molar-refractivity contribution is -0.121. The van der Waals surface area contributed by atoms with Gasteiger partial charge in [0, 0.05) is 12.6 Å². The van der Waals surface area contributed by atoms with Gasteiger partial charge in [-0.2, -0.15) is 0 Å². The van der Waals surface area contributed by atoms with Crippen LogP contribution < -0.4 is 15.4 Å². The van der Waals surface area contributed by atoms with E-state index in [0.717, 1.165) is 22.6 Å². The summed E-state index contributed by atoms with van der Waals surface area (Å²) in [5.41, 5.74) is 2.63. The van der Waals surface area contributed by atoms with Crippen LogP contribution in [-0.2, 0) is 16.0 Å². The molecule has 2 N–H and O–H groups in total. The highest BCUT2D eigenvalue weighted by molar-refractivity contribution is 5.88. The van der Waals surface area contributed by atoms with Gasteiger partial charge in [-0.3, -0.25) is 9.59 Å². The lowest BCUT2D eigenvalue weighted by atomic mass is 10.1. The molecule has 0 aliphatic carbocycles. The topological polar surface area (TPSA) is 67.4 Å². The van der Waals surface area contributed by atoms with E-state index in [-0.39, 0.29) is 17.9 Å². The first kappa shape index (κ1) is 17.5. The lowest BCUT2D eigenvalue weighted by Gasteiger charge is -2.15. The Balaban J connectivity index is 1.90. The summed E-state index contributed by atoms with van der Waals surface area (Å²) in [7, 11) is 1.62. The minimum atomic E-state index is -0.117. The second kappa shape index (κ2) is 8.15. The van der Waals surface area contributed by atoms with E-state index in [0.29, 0.717) is 6.42 Å². The fraction of sp³-hybridized carbons (Fsp3) is 0.263. The van der Waals surface area contributed by atoms with Gasteiger partial charge < -0.3 is 15.4 Å². The van der Waals surface area contributed by atoms with Gasteiger partial charge in [0.2, 0.25) is 11.8 Å². The van der Waals surface area contributed by atoms with Crippen molar-refractivity contribution >= 4 is 17.5 Å². The molecule has 0 saturated carbocycles. The Bertz CT molecular complexity index is 694. The molecule has 0 aromatic heterocycles. The van der Waals surface area contributed by atoms with Crippen LogP contribution in [0.4, 0.5) is 5.69 Å². The van der Waals surface area contributed by atoms with Crippen LogP contribution in [0.1, 0.15) is 31.0 Å². The highest BCUT2D eigenvalue weighted by atomic mass is 16.5. The molecule has 0 fully saturated rings. The fourth-order valence-corrected chi connectivity index (χ4v) is 2.36. The molecule has 5 heteroatoms. The highest BCUT2D eigenvalue weighted by Crippen LogP contribution is 2.17. The average molecular weight is 326 g/mol. The van der Waals surface area contributed by atoms with Crippen LogP contribution in [-0.4, -0.2) is 18.9 Å². The Morgan fingerprint density at radius 3 is 2.21 bits per heavy atom. The van der Waals surface area contributed by atoms with Gasteiger partial charge in [0.05, 0.1) is 19.6 Å². The van der Waals surface area contributed by atoms with Gasteiger partial charge in [-0.05, 0) is 42.3 Å². The number of methoxy groups -OCH3 is 1. The van der Waals surface area contributed by atoms with Gasteiger partial charge in [-0.25, -0.2) is 0 Å². The van der Waals surface area contributed by atoms with Gasteiger partial charge in [-0.1, -0.05) is 24.3 Å². The molecule has 0 saturated heterocycles. The summed E-state index contributed by atoms with van der Waals surface area (Å²) in [4.78, 5) is 23.2. The number of amides is 2. The largest absolute Gasteiger partial charge is 0.497 e. The van der Waals surface area contributed by atoms with Crippen molar-refractivity contribution in [1.82, 2.24) is 5.32 Å². The highest BCUT2D eigenvalue weighted by Gasteiger charge is 2.10. The standard InChI is InChI=1S/C19H22N2O3/c1-13(16-6-10-18(24-3)11-7-16)20-19(23)12-15-4-8-17(9-5-15)21-14(2)22/h4-11,13H,12H2,1-3H3,(H,20,23)(H,21,22). The van der Waals surface area contributed by atoms with Crippen LogP contribution in [0.15, 0.2) is 48.5 Å². The lowest BCUT2D eigenvalue weighted by Crippen LogP contribution is -2.28. The first-order chi connectivity index (χ1) is 11.5. The number of rotatable bonds is 6. The number of ether oxygens (including phenoxy) is 1. The van der Waals surface area contributed by atoms with Crippen LogP contribution in [0.5, 0.6) is 5.75 Å². The van der Waals surface area contributed by atoms with Crippen molar-refractivity contribution in [3.63, 3.8) is 0 Å². The minimum absolute atomic E-state index is 0.0504. The molecule has 5 nitrogen and oxygen atoms in total. The molecule has 0 heterocycles. The normalized spacial score (nSPS) is 11.5. The number of carbonyl (C=O) groups excluding carboxylic acids is 2. The van der Waals surface area contributed by atoms with Gasteiger partial charge in [-0.15, -0.1) is 0 Å². The summed E-state index contributed by atoms with van der Waals surface area (Å²) >= 11 is 0. The van der Waals surface area contributed by atoms with Crippen LogP contribution in [0, 0.1) is 0 Å². The fourth-order valence-electron chi connectivity index (χ4n) is 2.36. The molecule has 0 radical (unpaired) electrons. The molecule has 1 atom stereocenters. The van der Waals surface area contributed by atoms with Crippen molar-refractivity contribution < 1.29 is 14.3 Å². The van der Waals surface area contributed by atoms with Crippen molar-refractivity contribution in [1.29, 1.82) is 0 Å². The Morgan fingerprint density at radius 2 is 1.67 bits per heavy atom. The number of hydrogen-bond acceptors (Lipinski definition) is 3. The van der Waals surface area contributed by atoms with E-state index >= 15 is 0 Å². The third-order valence-electron chi connectivity index (χ3n) is 3.63. The number of anilines is 1.